The summed E-state index contributed by atoms with van der Waals surface area (Å²) in [5.41, 5.74) is 0.603. The van der Waals surface area contributed by atoms with Crippen molar-refractivity contribution in [1.29, 1.82) is 0 Å². The maximum absolute atomic E-state index is 13.8. The van der Waals surface area contributed by atoms with Gasteiger partial charge in [0.1, 0.15) is 23.9 Å². The van der Waals surface area contributed by atoms with E-state index in [-0.39, 0.29) is 11.9 Å². The van der Waals surface area contributed by atoms with E-state index in [1.807, 2.05) is 37.3 Å². The lowest BCUT2D eigenvalue weighted by molar-refractivity contribution is 0.269. The van der Waals surface area contributed by atoms with E-state index in [1.165, 1.54) is 6.07 Å². The van der Waals surface area contributed by atoms with E-state index in [2.05, 4.69) is 5.32 Å². The van der Waals surface area contributed by atoms with Crippen LogP contribution in [0.25, 0.3) is 0 Å². The summed E-state index contributed by atoms with van der Waals surface area (Å²) in [7, 11) is 1.79. The summed E-state index contributed by atoms with van der Waals surface area (Å²) < 4.78 is 24.9. The van der Waals surface area contributed by atoms with E-state index in [0.29, 0.717) is 18.8 Å². The Hall–Kier alpha value is -2.07. The van der Waals surface area contributed by atoms with Crippen molar-refractivity contribution < 1.29 is 13.9 Å². The highest BCUT2D eigenvalue weighted by molar-refractivity contribution is 5.31. The summed E-state index contributed by atoms with van der Waals surface area (Å²) in [4.78, 5) is 0. The number of hydrogen-bond acceptors (Lipinski definition) is 3. The van der Waals surface area contributed by atoms with Gasteiger partial charge in [0.05, 0.1) is 12.6 Å². The third-order valence-electron chi connectivity index (χ3n) is 3.18. The van der Waals surface area contributed by atoms with E-state index >= 15 is 0 Å². The van der Waals surface area contributed by atoms with Crippen molar-refractivity contribution in [2.24, 2.45) is 0 Å². The van der Waals surface area contributed by atoms with Crippen LogP contribution < -0.4 is 14.8 Å². The van der Waals surface area contributed by atoms with Gasteiger partial charge in [-0.05, 0) is 44.3 Å². The lowest BCUT2D eigenvalue weighted by atomic mass is 10.1. The maximum Gasteiger partial charge on any atom is 0.128 e. The van der Waals surface area contributed by atoms with Gasteiger partial charge >= 0.3 is 0 Å². The zero-order valence-corrected chi connectivity index (χ0v) is 12.3. The van der Waals surface area contributed by atoms with Crippen molar-refractivity contribution in [1.82, 2.24) is 5.32 Å². The van der Waals surface area contributed by atoms with Crippen LogP contribution in [0.5, 0.6) is 11.5 Å². The fourth-order valence-electron chi connectivity index (χ4n) is 2.06. The van der Waals surface area contributed by atoms with E-state index in [4.69, 9.17) is 9.47 Å². The summed E-state index contributed by atoms with van der Waals surface area (Å²) in [6.07, 6.45) is 0. The van der Waals surface area contributed by atoms with Crippen molar-refractivity contribution in [3.05, 3.63) is 59.9 Å². The number of ether oxygens (including phenoxy) is 2. The monoisotopic (exact) mass is 289 g/mol. The molecule has 3 nitrogen and oxygen atoms in total. The van der Waals surface area contributed by atoms with Crippen molar-refractivity contribution in [2.45, 2.75) is 13.0 Å². The average Bonchev–Trinajstić information content (AvgIpc) is 2.51. The molecule has 0 spiro atoms. The van der Waals surface area contributed by atoms with Crippen LogP contribution in [0.15, 0.2) is 48.5 Å². The first-order chi connectivity index (χ1) is 10.2. The molecule has 1 atom stereocenters. The van der Waals surface area contributed by atoms with Crippen molar-refractivity contribution in [3.63, 3.8) is 0 Å². The molecule has 0 bridgehead atoms. The molecule has 21 heavy (non-hydrogen) atoms. The van der Waals surface area contributed by atoms with Gasteiger partial charge in [-0.3, -0.25) is 0 Å². The van der Waals surface area contributed by atoms with Crippen LogP contribution in [0.2, 0.25) is 0 Å². The number of rotatable bonds is 7. The van der Waals surface area contributed by atoms with Crippen molar-refractivity contribution in [3.8, 4) is 11.5 Å². The van der Waals surface area contributed by atoms with E-state index in [1.54, 1.807) is 19.2 Å². The van der Waals surface area contributed by atoms with E-state index in [9.17, 15) is 4.39 Å². The van der Waals surface area contributed by atoms with E-state index in [0.717, 1.165) is 11.5 Å². The molecule has 1 N–H and O–H groups in total. The number of halogens is 1. The maximum atomic E-state index is 13.8. The second kappa shape index (κ2) is 7.64. The quantitative estimate of drug-likeness (QED) is 0.845. The summed E-state index contributed by atoms with van der Waals surface area (Å²) in [5.74, 6) is 1.31. The van der Waals surface area contributed by atoms with Gasteiger partial charge in [-0.25, -0.2) is 4.39 Å². The second-order valence-electron chi connectivity index (χ2n) is 4.58. The van der Waals surface area contributed by atoms with Crippen LogP contribution >= 0.6 is 0 Å². The molecule has 1 unspecified atom stereocenters. The summed E-state index contributed by atoms with van der Waals surface area (Å²) >= 11 is 0. The topological polar surface area (TPSA) is 30.5 Å². The van der Waals surface area contributed by atoms with Crippen LogP contribution in [0.4, 0.5) is 4.39 Å². The highest BCUT2D eigenvalue weighted by Gasteiger charge is 2.14. The first-order valence-corrected chi connectivity index (χ1v) is 7.02. The number of likely N-dealkylation sites (N-methyl/N-ethyl adjacent to an activating group) is 1. The Morgan fingerprint density at radius 3 is 2.19 bits per heavy atom. The number of benzene rings is 2. The largest absolute Gasteiger partial charge is 0.494 e. The van der Waals surface area contributed by atoms with Crippen molar-refractivity contribution >= 4 is 0 Å². The number of hydrogen-bond donors (Lipinski definition) is 1. The van der Waals surface area contributed by atoms with Crippen LogP contribution in [0.1, 0.15) is 18.5 Å². The molecule has 0 radical (unpaired) electrons. The van der Waals surface area contributed by atoms with Gasteiger partial charge in [-0.1, -0.05) is 18.2 Å². The highest BCUT2D eigenvalue weighted by atomic mass is 19.1. The molecule has 0 saturated heterocycles. The van der Waals surface area contributed by atoms with Gasteiger partial charge in [-0.15, -0.1) is 0 Å². The van der Waals surface area contributed by atoms with E-state index < -0.39 is 0 Å². The Labute approximate surface area is 124 Å². The molecule has 0 saturated carbocycles. The summed E-state index contributed by atoms with van der Waals surface area (Å²) in [6.45, 7) is 2.93. The third-order valence-corrected chi connectivity index (χ3v) is 3.18. The van der Waals surface area contributed by atoms with Crippen LogP contribution in [-0.4, -0.2) is 20.3 Å². The Balaban J connectivity index is 1.98. The third kappa shape index (κ3) is 4.20. The lowest BCUT2D eigenvalue weighted by Gasteiger charge is -2.18. The van der Waals surface area contributed by atoms with Gasteiger partial charge < -0.3 is 14.8 Å². The minimum absolute atomic E-state index is 0.197. The van der Waals surface area contributed by atoms with Gasteiger partial charge in [0.15, 0.2) is 0 Å². The highest BCUT2D eigenvalue weighted by Crippen LogP contribution is 2.21. The zero-order valence-electron chi connectivity index (χ0n) is 12.3. The standard InChI is InChI=1S/C17H20FNO2/c1-3-20-13-8-10-14(11-9-13)21-12-17(19-2)15-6-4-5-7-16(15)18/h4-11,17,19H,3,12H2,1-2H3. The predicted molar refractivity (Wildman–Crippen MR) is 81.3 cm³/mol. The normalized spacial score (nSPS) is 12.0. The first-order valence-electron chi connectivity index (χ1n) is 7.02. The molecular formula is C17H20FNO2. The predicted octanol–water partition coefficient (Wildman–Crippen LogP) is 3.56. The zero-order chi connectivity index (χ0) is 15.1. The summed E-state index contributed by atoms with van der Waals surface area (Å²) in [5, 5.41) is 3.07. The molecular weight excluding hydrogens is 269 g/mol. The average molecular weight is 289 g/mol. The molecule has 0 amide bonds. The molecule has 2 aromatic carbocycles. The van der Waals surface area contributed by atoms with Gasteiger partial charge in [0.25, 0.3) is 0 Å². The Morgan fingerprint density at radius 2 is 1.62 bits per heavy atom. The smallest absolute Gasteiger partial charge is 0.128 e. The number of nitrogens with one attached hydrogen (secondary N) is 1. The molecule has 112 valence electrons. The fraction of sp³-hybridized carbons (Fsp3) is 0.294. The molecule has 4 heteroatoms. The lowest BCUT2D eigenvalue weighted by Crippen LogP contribution is -2.24. The van der Waals surface area contributed by atoms with Gasteiger partial charge in [-0.2, -0.15) is 0 Å². The second-order valence-corrected chi connectivity index (χ2v) is 4.58. The molecule has 0 heterocycles. The Kier molecular flexibility index (Phi) is 5.58. The minimum atomic E-state index is -0.229. The molecule has 2 rings (SSSR count). The fourth-order valence-corrected chi connectivity index (χ4v) is 2.06. The SMILES string of the molecule is CCOc1ccc(OCC(NC)c2ccccc2F)cc1. The van der Waals surface area contributed by atoms with Crippen LogP contribution in [-0.2, 0) is 0 Å². The van der Waals surface area contributed by atoms with Crippen LogP contribution in [0, 0.1) is 5.82 Å². The van der Waals surface area contributed by atoms with Gasteiger partial charge in [0.2, 0.25) is 0 Å². The molecule has 0 aliphatic rings. The van der Waals surface area contributed by atoms with Crippen LogP contribution in [0.3, 0.4) is 0 Å². The Bertz CT molecular complexity index is 557. The molecule has 2 aromatic rings. The van der Waals surface area contributed by atoms with Crippen molar-refractivity contribution in [2.75, 3.05) is 20.3 Å². The Morgan fingerprint density at radius 1 is 1.00 bits per heavy atom. The molecule has 0 fully saturated rings. The minimum Gasteiger partial charge on any atom is -0.494 e. The molecule has 0 aromatic heterocycles. The molecule has 0 aliphatic carbocycles. The molecule has 0 aliphatic heterocycles. The first kappa shape index (κ1) is 15.3. The van der Waals surface area contributed by atoms with Gasteiger partial charge in [0, 0.05) is 5.56 Å². The summed E-state index contributed by atoms with van der Waals surface area (Å²) in [6, 6.07) is 13.9.